The number of sulfonamides is 1. The number of hydrogen-bond donors (Lipinski definition) is 1. The molecule has 0 aliphatic rings. The van der Waals surface area contributed by atoms with E-state index in [0.29, 0.717) is 0 Å². The number of carbonyl (C=O) groups excluding carboxylic acids is 1. The molecule has 2 rings (SSSR count). The van der Waals surface area contributed by atoms with Gasteiger partial charge in [0, 0.05) is 18.4 Å². The molecule has 8 heteroatoms. The van der Waals surface area contributed by atoms with Crippen molar-refractivity contribution in [3.05, 3.63) is 46.4 Å². The Morgan fingerprint density at radius 3 is 2.81 bits per heavy atom. The second kappa shape index (κ2) is 6.33. The molecule has 0 spiro atoms. The van der Waals surface area contributed by atoms with Crippen LogP contribution in [-0.2, 0) is 14.8 Å². The lowest BCUT2D eigenvalue weighted by molar-refractivity contribution is 0.0602. The number of rotatable bonds is 5. The topological polar surface area (TPSA) is 85.4 Å². The van der Waals surface area contributed by atoms with Crippen LogP contribution in [0.1, 0.15) is 28.2 Å². The summed E-state index contributed by atoms with van der Waals surface area (Å²) < 4.78 is 31.9. The molecule has 0 fully saturated rings. The minimum atomic E-state index is -3.82. The van der Waals surface area contributed by atoms with E-state index in [1.54, 1.807) is 31.5 Å². The molecule has 0 amide bonds. The Kier molecular flexibility index (Phi) is 4.71. The fraction of sp³-hybridized carbons (Fsp3) is 0.231. The lowest BCUT2D eigenvalue weighted by Gasteiger charge is -2.14. The van der Waals surface area contributed by atoms with E-state index in [0.717, 1.165) is 16.9 Å². The third-order valence-corrected chi connectivity index (χ3v) is 5.41. The molecule has 1 N–H and O–H groups in total. The van der Waals surface area contributed by atoms with Crippen molar-refractivity contribution in [1.29, 1.82) is 0 Å². The molecule has 0 aliphatic heterocycles. The Labute approximate surface area is 126 Å². The largest absolute Gasteiger partial charge is 0.465 e. The zero-order valence-electron chi connectivity index (χ0n) is 11.4. The van der Waals surface area contributed by atoms with Crippen molar-refractivity contribution in [2.24, 2.45) is 0 Å². The molecule has 112 valence electrons. The first-order valence-electron chi connectivity index (χ1n) is 6.04. The van der Waals surface area contributed by atoms with Gasteiger partial charge in [0.25, 0.3) is 0 Å². The molecular formula is C13H14N2O4S2. The first-order chi connectivity index (χ1) is 9.95. The monoisotopic (exact) mass is 326 g/mol. The van der Waals surface area contributed by atoms with Crippen LogP contribution in [0.3, 0.4) is 0 Å². The Hall–Kier alpha value is -1.77. The highest BCUT2D eigenvalue weighted by Gasteiger charge is 2.26. The second-order valence-corrected chi connectivity index (χ2v) is 6.83. The number of pyridine rings is 1. The predicted molar refractivity (Wildman–Crippen MR) is 78.6 cm³/mol. The van der Waals surface area contributed by atoms with E-state index in [1.165, 1.54) is 18.6 Å². The Morgan fingerprint density at radius 1 is 1.43 bits per heavy atom. The van der Waals surface area contributed by atoms with Crippen LogP contribution in [0.4, 0.5) is 0 Å². The molecule has 0 radical (unpaired) electrons. The van der Waals surface area contributed by atoms with E-state index in [-0.39, 0.29) is 9.77 Å². The fourth-order valence-corrected chi connectivity index (χ4v) is 4.31. The van der Waals surface area contributed by atoms with Crippen molar-refractivity contribution in [3.8, 4) is 0 Å². The molecule has 0 aromatic carbocycles. The maximum atomic E-state index is 12.4. The van der Waals surface area contributed by atoms with Crippen LogP contribution in [0.15, 0.2) is 40.9 Å². The summed E-state index contributed by atoms with van der Waals surface area (Å²) in [7, 11) is -2.61. The summed E-state index contributed by atoms with van der Waals surface area (Å²) in [6.07, 6.45) is 3.20. The molecule has 6 nitrogen and oxygen atoms in total. The van der Waals surface area contributed by atoms with Gasteiger partial charge < -0.3 is 4.74 Å². The Bertz CT molecular complexity index is 726. The first-order valence-corrected chi connectivity index (χ1v) is 8.40. The molecule has 1 atom stereocenters. The lowest BCUT2D eigenvalue weighted by atomic mass is 10.2. The maximum absolute atomic E-state index is 12.4. The molecule has 0 aliphatic carbocycles. The summed E-state index contributed by atoms with van der Waals surface area (Å²) in [5, 5.41) is 1.54. The SMILES string of the molecule is COC(=O)c1sccc1S(=O)(=O)NC(C)c1cccnc1. The van der Waals surface area contributed by atoms with Gasteiger partial charge in [-0.25, -0.2) is 17.9 Å². The van der Waals surface area contributed by atoms with Crippen molar-refractivity contribution in [3.63, 3.8) is 0 Å². The van der Waals surface area contributed by atoms with Crippen molar-refractivity contribution in [2.75, 3.05) is 7.11 Å². The third-order valence-electron chi connectivity index (χ3n) is 2.81. The number of hydrogen-bond acceptors (Lipinski definition) is 6. The van der Waals surface area contributed by atoms with Crippen LogP contribution in [0.2, 0.25) is 0 Å². The zero-order valence-corrected chi connectivity index (χ0v) is 13.1. The molecule has 0 saturated heterocycles. The van der Waals surface area contributed by atoms with Crippen LogP contribution in [-0.4, -0.2) is 26.5 Å². The second-order valence-electron chi connectivity index (χ2n) is 4.23. The number of esters is 1. The van der Waals surface area contributed by atoms with Gasteiger partial charge in [0.15, 0.2) is 0 Å². The van der Waals surface area contributed by atoms with E-state index < -0.39 is 22.0 Å². The minimum Gasteiger partial charge on any atom is -0.465 e. The van der Waals surface area contributed by atoms with E-state index in [2.05, 4.69) is 14.4 Å². The first kappa shape index (κ1) is 15.6. The Balaban J connectivity index is 2.27. The van der Waals surface area contributed by atoms with Crippen LogP contribution in [0.5, 0.6) is 0 Å². The normalized spacial score (nSPS) is 12.9. The van der Waals surface area contributed by atoms with Crippen LogP contribution >= 0.6 is 11.3 Å². The molecular weight excluding hydrogens is 312 g/mol. The lowest BCUT2D eigenvalue weighted by Crippen LogP contribution is -2.27. The predicted octanol–water partition coefficient (Wildman–Crippen LogP) is 1.97. The molecule has 1 unspecified atom stereocenters. The smallest absolute Gasteiger partial charge is 0.349 e. The number of nitrogens with zero attached hydrogens (tertiary/aromatic N) is 1. The number of carbonyl (C=O) groups is 1. The standard InChI is InChI=1S/C13H14N2O4S2/c1-9(10-4-3-6-14-8-10)15-21(17,18)11-5-7-20-12(11)13(16)19-2/h3-9,15H,1-2H3. The summed E-state index contributed by atoms with van der Waals surface area (Å²) in [5.41, 5.74) is 0.732. The molecule has 0 bridgehead atoms. The van der Waals surface area contributed by atoms with E-state index in [1.807, 2.05) is 0 Å². The van der Waals surface area contributed by atoms with Gasteiger partial charge in [0.2, 0.25) is 10.0 Å². The molecule has 2 aromatic heterocycles. The van der Waals surface area contributed by atoms with Gasteiger partial charge in [-0.2, -0.15) is 0 Å². The summed E-state index contributed by atoms with van der Waals surface area (Å²) in [6.45, 7) is 1.71. The third kappa shape index (κ3) is 3.46. The van der Waals surface area contributed by atoms with Gasteiger partial charge in [-0.1, -0.05) is 6.07 Å². The van der Waals surface area contributed by atoms with Gasteiger partial charge in [-0.05, 0) is 30.0 Å². The van der Waals surface area contributed by atoms with Gasteiger partial charge >= 0.3 is 5.97 Å². The maximum Gasteiger partial charge on any atom is 0.349 e. The number of thiophene rings is 1. The van der Waals surface area contributed by atoms with Crippen molar-refractivity contribution in [1.82, 2.24) is 9.71 Å². The summed E-state index contributed by atoms with van der Waals surface area (Å²) >= 11 is 1.03. The molecule has 0 saturated carbocycles. The summed E-state index contributed by atoms with van der Waals surface area (Å²) in [5.74, 6) is -0.667. The molecule has 2 heterocycles. The highest BCUT2D eigenvalue weighted by Crippen LogP contribution is 2.24. The van der Waals surface area contributed by atoms with E-state index in [4.69, 9.17) is 0 Å². The highest BCUT2D eigenvalue weighted by molar-refractivity contribution is 7.89. The van der Waals surface area contributed by atoms with Crippen LogP contribution in [0.25, 0.3) is 0 Å². The number of aromatic nitrogens is 1. The quantitative estimate of drug-likeness (QED) is 0.849. The van der Waals surface area contributed by atoms with Gasteiger partial charge in [-0.15, -0.1) is 11.3 Å². The Morgan fingerprint density at radius 2 is 2.19 bits per heavy atom. The molecule has 2 aromatic rings. The molecule has 21 heavy (non-hydrogen) atoms. The van der Waals surface area contributed by atoms with Gasteiger partial charge in [-0.3, -0.25) is 4.98 Å². The van der Waals surface area contributed by atoms with Crippen LogP contribution < -0.4 is 4.72 Å². The summed E-state index contributed by atoms with van der Waals surface area (Å²) in [4.78, 5) is 15.5. The van der Waals surface area contributed by atoms with Gasteiger partial charge in [0.1, 0.15) is 9.77 Å². The van der Waals surface area contributed by atoms with Crippen molar-refractivity contribution >= 4 is 27.3 Å². The zero-order chi connectivity index (χ0) is 15.5. The highest BCUT2D eigenvalue weighted by atomic mass is 32.2. The summed E-state index contributed by atoms with van der Waals surface area (Å²) in [6, 6.07) is 4.42. The number of ether oxygens (including phenoxy) is 1. The minimum absolute atomic E-state index is 0.0587. The van der Waals surface area contributed by atoms with Crippen molar-refractivity contribution < 1.29 is 17.9 Å². The fourth-order valence-electron chi connectivity index (χ4n) is 1.75. The van der Waals surface area contributed by atoms with Gasteiger partial charge in [0.05, 0.1) is 7.11 Å². The van der Waals surface area contributed by atoms with E-state index in [9.17, 15) is 13.2 Å². The van der Waals surface area contributed by atoms with E-state index >= 15 is 0 Å². The van der Waals surface area contributed by atoms with Crippen molar-refractivity contribution in [2.45, 2.75) is 17.9 Å². The number of nitrogens with one attached hydrogen (secondary N) is 1. The average molecular weight is 326 g/mol. The van der Waals surface area contributed by atoms with Crippen LogP contribution in [0, 0.1) is 0 Å². The number of methoxy groups -OCH3 is 1. The average Bonchev–Trinajstić information content (AvgIpc) is 2.97.